The first-order valence-electron chi connectivity index (χ1n) is 10.8. The summed E-state index contributed by atoms with van der Waals surface area (Å²) in [6.07, 6.45) is -0.234. The second kappa shape index (κ2) is 12.5. The molecule has 4 unspecified atom stereocenters. The Morgan fingerprint density at radius 3 is 2.37 bits per heavy atom. The molecule has 190 valence electrons. The summed E-state index contributed by atoms with van der Waals surface area (Å²) >= 11 is 0. The van der Waals surface area contributed by atoms with Crippen LogP contribution < -0.4 is 21.7 Å². The first-order valence-corrected chi connectivity index (χ1v) is 10.8. The number of carbonyl (C=O) groups excluding carboxylic acids is 3. The minimum absolute atomic E-state index is 0.000376. The van der Waals surface area contributed by atoms with Gasteiger partial charge in [0.05, 0.1) is 18.7 Å². The van der Waals surface area contributed by atoms with Gasteiger partial charge in [-0.3, -0.25) is 19.2 Å². The quantitative estimate of drug-likeness (QED) is 0.162. The van der Waals surface area contributed by atoms with Gasteiger partial charge in [0.15, 0.2) is 0 Å². The molecule has 0 saturated carbocycles. The number of nitrogens with two attached hydrogens (primary N) is 1. The Bertz CT molecular complexity index is 1080. The molecule has 1 aromatic carbocycles. The predicted octanol–water partition coefficient (Wildman–Crippen LogP) is -1.55. The summed E-state index contributed by atoms with van der Waals surface area (Å²) in [6.45, 7) is 0.621. The number of benzene rings is 1. The van der Waals surface area contributed by atoms with Crippen LogP contribution >= 0.6 is 0 Å². The molecule has 1 aromatic heterocycles. The number of H-pyrrole nitrogens is 1. The van der Waals surface area contributed by atoms with Gasteiger partial charge in [-0.2, -0.15) is 0 Å². The van der Waals surface area contributed by atoms with Crippen molar-refractivity contribution in [1.82, 2.24) is 20.9 Å². The van der Waals surface area contributed by atoms with Crippen LogP contribution in [0.4, 0.5) is 0 Å². The Kier molecular flexibility index (Phi) is 9.73. The number of aromatic amines is 1. The smallest absolute Gasteiger partial charge is 0.326 e. The number of carboxylic acid groups (broad SMARTS) is 2. The molecule has 0 aliphatic carbocycles. The molecule has 0 fully saturated rings. The second-order valence-electron chi connectivity index (χ2n) is 8.01. The lowest BCUT2D eigenvalue weighted by Crippen LogP contribution is -2.57. The van der Waals surface area contributed by atoms with Crippen LogP contribution in [0, 0.1) is 0 Å². The van der Waals surface area contributed by atoms with E-state index in [-0.39, 0.29) is 19.3 Å². The van der Waals surface area contributed by atoms with Crippen LogP contribution in [-0.4, -0.2) is 80.7 Å². The van der Waals surface area contributed by atoms with Gasteiger partial charge in [0.1, 0.15) is 12.1 Å². The molecule has 0 bridgehead atoms. The number of para-hydroxylation sites is 1. The molecular weight excluding hydrogens is 462 g/mol. The van der Waals surface area contributed by atoms with Crippen LogP contribution in [0.15, 0.2) is 30.5 Å². The fourth-order valence-electron chi connectivity index (χ4n) is 3.32. The summed E-state index contributed by atoms with van der Waals surface area (Å²) in [4.78, 5) is 62.1. The molecule has 13 heteroatoms. The maximum atomic E-state index is 12.4. The zero-order valence-electron chi connectivity index (χ0n) is 19.0. The van der Waals surface area contributed by atoms with E-state index in [0.717, 1.165) is 10.9 Å². The van der Waals surface area contributed by atoms with E-state index < -0.39 is 60.4 Å². The first-order chi connectivity index (χ1) is 16.5. The maximum absolute atomic E-state index is 12.4. The third-order valence-electron chi connectivity index (χ3n) is 5.22. The number of hydrogen-bond donors (Lipinski definition) is 8. The number of carbonyl (C=O) groups is 5. The number of nitrogens with one attached hydrogen (secondary N) is 4. The van der Waals surface area contributed by atoms with Crippen molar-refractivity contribution in [3.05, 3.63) is 36.0 Å². The molecule has 13 nitrogen and oxygen atoms in total. The van der Waals surface area contributed by atoms with E-state index in [1.807, 2.05) is 18.2 Å². The molecule has 35 heavy (non-hydrogen) atoms. The molecule has 9 N–H and O–H groups in total. The highest BCUT2D eigenvalue weighted by atomic mass is 16.4. The third-order valence-corrected chi connectivity index (χ3v) is 5.22. The summed E-state index contributed by atoms with van der Waals surface area (Å²) < 4.78 is 0. The van der Waals surface area contributed by atoms with Crippen LogP contribution in [0.3, 0.4) is 0 Å². The molecule has 0 aliphatic heterocycles. The van der Waals surface area contributed by atoms with Crippen molar-refractivity contribution in [1.29, 1.82) is 0 Å². The van der Waals surface area contributed by atoms with Crippen molar-refractivity contribution >= 4 is 40.6 Å². The van der Waals surface area contributed by atoms with Crippen molar-refractivity contribution in [3.8, 4) is 0 Å². The van der Waals surface area contributed by atoms with Gasteiger partial charge in [0.25, 0.3) is 0 Å². The van der Waals surface area contributed by atoms with Crippen LogP contribution in [0.25, 0.3) is 10.9 Å². The van der Waals surface area contributed by atoms with E-state index in [2.05, 4.69) is 20.9 Å². The summed E-state index contributed by atoms with van der Waals surface area (Å²) in [5.41, 5.74) is 7.11. The summed E-state index contributed by atoms with van der Waals surface area (Å²) in [5, 5.41) is 35.7. The Balaban J connectivity index is 1.92. The van der Waals surface area contributed by atoms with Gasteiger partial charge in [-0.25, -0.2) is 4.79 Å². The van der Waals surface area contributed by atoms with Crippen molar-refractivity contribution in [3.63, 3.8) is 0 Å². The number of amides is 3. The van der Waals surface area contributed by atoms with Gasteiger partial charge in [0, 0.05) is 29.9 Å². The van der Waals surface area contributed by atoms with E-state index >= 15 is 0 Å². The monoisotopic (exact) mass is 491 g/mol. The number of rotatable bonds is 13. The predicted molar refractivity (Wildman–Crippen MR) is 123 cm³/mol. The van der Waals surface area contributed by atoms with Crippen molar-refractivity contribution in [2.75, 3.05) is 6.54 Å². The lowest BCUT2D eigenvalue weighted by Gasteiger charge is -2.22. The molecule has 2 aromatic rings. The molecule has 4 atom stereocenters. The molecule has 0 aliphatic rings. The zero-order valence-corrected chi connectivity index (χ0v) is 19.0. The fraction of sp³-hybridized carbons (Fsp3) is 0.409. The topological polar surface area (TPSA) is 224 Å². The Morgan fingerprint density at radius 2 is 1.74 bits per heavy atom. The number of aliphatic carboxylic acids is 2. The average molecular weight is 492 g/mol. The SMILES string of the molecule is CC(O)C(NC(=O)C(N)CCC(=O)O)C(=O)NCC(=O)NC(Cc1c[nH]c2ccccc12)C(=O)O. The molecule has 2 rings (SSSR count). The number of aromatic nitrogens is 1. The Labute approximate surface area is 200 Å². The average Bonchev–Trinajstić information content (AvgIpc) is 3.21. The van der Waals surface area contributed by atoms with Gasteiger partial charge in [-0.05, 0) is 25.0 Å². The lowest BCUT2D eigenvalue weighted by atomic mass is 10.0. The highest BCUT2D eigenvalue weighted by Crippen LogP contribution is 2.19. The van der Waals surface area contributed by atoms with Crippen LogP contribution in [0.5, 0.6) is 0 Å². The summed E-state index contributed by atoms with van der Waals surface area (Å²) in [7, 11) is 0. The molecule has 0 saturated heterocycles. The standard InChI is InChI=1S/C22H29N5O8/c1-11(28)19(27-20(32)14(23)6-7-18(30)31)21(33)25-10-17(29)26-16(22(34)35)8-12-9-24-15-5-3-2-4-13(12)15/h2-5,9,11,14,16,19,24,28H,6-8,10,23H2,1H3,(H,25,33)(H,26,29)(H,27,32)(H,30,31)(H,34,35). The van der Waals surface area contributed by atoms with E-state index in [1.54, 1.807) is 12.3 Å². The van der Waals surface area contributed by atoms with Crippen molar-refractivity contribution in [2.45, 2.75) is 50.4 Å². The number of aliphatic hydroxyl groups is 1. The molecule has 0 spiro atoms. The van der Waals surface area contributed by atoms with E-state index in [1.165, 1.54) is 6.92 Å². The maximum Gasteiger partial charge on any atom is 0.326 e. The summed E-state index contributed by atoms with van der Waals surface area (Å²) in [5.74, 6) is -4.95. The minimum atomic E-state index is -1.47. The minimum Gasteiger partial charge on any atom is -0.481 e. The second-order valence-corrected chi connectivity index (χ2v) is 8.01. The lowest BCUT2D eigenvalue weighted by molar-refractivity contribution is -0.142. The Hall–Kier alpha value is -3.97. The normalized spacial score (nSPS) is 14.4. The number of carboxylic acids is 2. The largest absolute Gasteiger partial charge is 0.481 e. The summed E-state index contributed by atoms with van der Waals surface area (Å²) in [6, 6.07) is 3.34. The van der Waals surface area contributed by atoms with Gasteiger partial charge in [-0.1, -0.05) is 18.2 Å². The molecule has 0 radical (unpaired) electrons. The van der Waals surface area contributed by atoms with Gasteiger partial charge < -0.3 is 42.0 Å². The van der Waals surface area contributed by atoms with Crippen LogP contribution in [0.2, 0.25) is 0 Å². The fourth-order valence-corrected chi connectivity index (χ4v) is 3.32. The van der Waals surface area contributed by atoms with Crippen molar-refractivity contribution in [2.24, 2.45) is 5.73 Å². The van der Waals surface area contributed by atoms with Gasteiger partial charge >= 0.3 is 11.9 Å². The van der Waals surface area contributed by atoms with Crippen LogP contribution in [0.1, 0.15) is 25.3 Å². The Morgan fingerprint density at radius 1 is 1.06 bits per heavy atom. The van der Waals surface area contributed by atoms with Gasteiger partial charge in [0.2, 0.25) is 17.7 Å². The van der Waals surface area contributed by atoms with E-state index in [4.69, 9.17) is 10.8 Å². The first kappa shape index (κ1) is 27.3. The number of aliphatic hydroxyl groups excluding tert-OH is 1. The number of hydrogen-bond acceptors (Lipinski definition) is 7. The van der Waals surface area contributed by atoms with Gasteiger partial charge in [-0.15, -0.1) is 0 Å². The molecular formula is C22H29N5O8. The highest BCUT2D eigenvalue weighted by Gasteiger charge is 2.29. The van der Waals surface area contributed by atoms with E-state index in [0.29, 0.717) is 5.56 Å². The molecule has 1 heterocycles. The highest BCUT2D eigenvalue weighted by molar-refractivity contribution is 5.93. The van der Waals surface area contributed by atoms with E-state index in [9.17, 15) is 34.2 Å². The van der Waals surface area contributed by atoms with Crippen molar-refractivity contribution < 1.29 is 39.3 Å². The zero-order chi connectivity index (χ0) is 26.1. The van der Waals surface area contributed by atoms with Crippen LogP contribution in [-0.2, 0) is 30.4 Å². The molecule has 3 amide bonds. The number of fused-ring (bicyclic) bond motifs is 1. The third kappa shape index (κ3) is 8.08.